The zero-order chi connectivity index (χ0) is 14.3. The Morgan fingerprint density at radius 2 is 1.25 bits per heavy atom. The zero-order valence-corrected chi connectivity index (χ0v) is 11.1. The van der Waals surface area contributed by atoms with Gasteiger partial charge < -0.3 is 6.15 Å². The maximum atomic E-state index is 8.35. The molecular formula is C15H15N3O2. The number of rotatable bonds is 0. The molecule has 20 heavy (non-hydrogen) atoms. The van der Waals surface area contributed by atoms with Crippen molar-refractivity contribution in [1.82, 2.24) is 6.15 Å². The van der Waals surface area contributed by atoms with Crippen LogP contribution in [0.25, 0.3) is 22.3 Å². The number of benzene rings is 2. The summed E-state index contributed by atoms with van der Waals surface area (Å²) in [4.78, 5) is 16.7. The highest BCUT2D eigenvalue weighted by Crippen LogP contribution is 2.48. The molecule has 0 spiro atoms. The Bertz CT molecular complexity index is 642. The van der Waals surface area contributed by atoms with Crippen molar-refractivity contribution >= 4 is 12.2 Å². The Balaban J connectivity index is 0.000000452. The van der Waals surface area contributed by atoms with Crippen LogP contribution in [0, 0.1) is 17.7 Å². The van der Waals surface area contributed by atoms with Gasteiger partial charge in [0.05, 0.1) is 0 Å². The smallest absolute Gasteiger partial charge is 0.231 e. The highest BCUT2D eigenvalue weighted by molar-refractivity contribution is 6.03. The van der Waals surface area contributed by atoms with Crippen LogP contribution in [0.5, 0.6) is 0 Å². The molecule has 1 aliphatic rings. The van der Waals surface area contributed by atoms with Crippen LogP contribution in [0.1, 0.15) is 5.56 Å². The van der Waals surface area contributed by atoms with Gasteiger partial charge in [0.2, 0.25) is 12.2 Å². The van der Waals surface area contributed by atoms with Crippen LogP contribution in [-0.2, 0) is 9.59 Å². The van der Waals surface area contributed by atoms with E-state index in [1.165, 1.54) is 27.8 Å². The van der Waals surface area contributed by atoms with Crippen molar-refractivity contribution in [1.29, 1.82) is 10.8 Å². The van der Waals surface area contributed by atoms with Crippen molar-refractivity contribution in [2.45, 2.75) is 6.92 Å². The first-order valence-electron chi connectivity index (χ1n) is 5.48. The quantitative estimate of drug-likeness (QED) is 0.427. The molecule has 0 saturated carbocycles. The van der Waals surface area contributed by atoms with Crippen molar-refractivity contribution in [3.63, 3.8) is 0 Å². The fourth-order valence-corrected chi connectivity index (χ4v) is 2.12. The van der Waals surface area contributed by atoms with Gasteiger partial charge in [0.15, 0.2) is 0 Å². The monoisotopic (exact) mass is 269 g/mol. The predicted octanol–water partition coefficient (Wildman–Crippen LogP) is 3.61. The molecule has 5 nitrogen and oxygen atoms in total. The summed E-state index contributed by atoms with van der Waals surface area (Å²) in [5.74, 6) is 0. The van der Waals surface area contributed by atoms with E-state index in [-0.39, 0.29) is 6.15 Å². The lowest BCUT2D eigenvalue weighted by Gasteiger charge is -2.25. The number of hydrogen-bond donors (Lipinski definition) is 3. The molecule has 1 aliphatic carbocycles. The van der Waals surface area contributed by atoms with Crippen molar-refractivity contribution in [3.8, 4) is 22.3 Å². The molecule has 0 amide bonds. The van der Waals surface area contributed by atoms with Gasteiger partial charge in [-0.3, -0.25) is 0 Å². The zero-order valence-electron chi connectivity index (χ0n) is 11.1. The van der Waals surface area contributed by atoms with Crippen LogP contribution < -0.4 is 6.15 Å². The highest BCUT2D eigenvalue weighted by atomic mass is 16.1. The SMILES string of the molecule is Cc1cccc2c1-c1ccccc1-2.N.N=C=O.N=C=O. The molecule has 0 saturated heterocycles. The van der Waals surface area contributed by atoms with Crippen molar-refractivity contribution in [2.75, 3.05) is 0 Å². The van der Waals surface area contributed by atoms with Crippen LogP contribution in [0.4, 0.5) is 0 Å². The number of isocyanates is 2. The summed E-state index contributed by atoms with van der Waals surface area (Å²) >= 11 is 0. The first-order valence-corrected chi connectivity index (χ1v) is 5.48. The van der Waals surface area contributed by atoms with Gasteiger partial charge >= 0.3 is 0 Å². The van der Waals surface area contributed by atoms with Gasteiger partial charge in [-0.05, 0) is 34.7 Å². The topological polar surface area (TPSA) is 117 Å². The molecule has 0 heterocycles. The first kappa shape index (κ1) is 17.2. The summed E-state index contributed by atoms with van der Waals surface area (Å²) in [5, 5.41) is 10.8. The van der Waals surface area contributed by atoms with E-state index in [1.54, 1.807) is 0 Å². The number of aryl methyl sites for hydroxylation is 1. The van der Waals surface area contributed by atoms with E-state index in [0.29, 0.717) is 0 Å². The second kappa shape index (κ2) is 8.29. The standard InChI is InChI=1S/C13H10.2CHNO.H3N/c1-9-5-4-8-12-10-6-2-3-7-11(10)13(9)12;2*2-1-3;/h2-8H,1H3;2*2H;1H3. The second-order valence-electron chi connectivity index (χ2n) is 3.75. The van der Waals surface area contributed by atoms with Gasteiger partial charge in [-0.1, -0.05) is 42.5 Å². The first-order chi connectivity index (χ1) is 9.21. The molecule has 0 bridgehead atoms. The third-order valence-corrected chi connectivity index (χ3v) is 2.76. The maximum Gasteiger partial charge on any atom is 0.231 e. The van der Waals surface area contributed by atoms with Crippen LogP contribution in [0.3, 0.4) is 0 Å². The Labute approximate surface area is 116 Å². The number of hydrogen-bond acceptors (Lipinski definition) is 5. The van der Waals surface area contributed by atoms with E-state index in [9.17, 15) is 0 Å². The second-order valence-corrected chi connectivity index (χ2v) is 3.75. The molecule has 2 aromatic rings. The lowest BCUT2D eigenvalue weighted by atomic mass is 9.78. The summed E-state index contributed by atoms with van der Waals surface area (Å²) in [6, 6.07) is 15.1. The predicted molar refractivity (Wildman–Crippen MR) is 77.5 cm³/mol. The van der Waals surface area contributed by atoms with E-state index in [0.717, 1.165) is 12.2 Å². The van der Waals surface area contributed by atoms with Gasteiger partial charge in [-0.2, -0.15) is 0 Å². The molecule has 0 aromatic heterocycles. The molecule has 5 N–H and O–H groups in total. The van der Waals surface area contributed by atoms with Gasteiger partial charge in [0.1, 0.15) is 0 Å². The molecule has 0 unspecified atom stereocenters. The Morgan fingerprint density at radius 3 is 1.80 bits per heavy atom. The Hall–Kier alpha value is -2.84. The fraction of sp³-hybridized carbons (Fsp3) is 0.0667. The maximum absolute atomic E-state index is 8.35. The molecule has 5 heteroatoms. The number of fused-ring (bicyclic) bond motifs is 4. The van der Waals surface area contributed by atoms with Crippen LogP contribution in [0.15, 0.2) is 42.5 Å². The molecule has 0 aliphatic heterocycles. The minimum atomic E-state index is 0. The van der Waals surface area contributed by atoms with Crippen molar-refractivity contribution in [3.05, 3.63) is 48.0 Å². The normalized spacial score (nSPS) is 8.25. The minimum absolute atomic E-state index is 0. The van der Waals surface area contributed by atoms with E-state index in [2.05, 4.69) is 49.4 Å². The number of carbonyl (C=O) groups excluding carboxylic acids is 2. The third-order valence-electron chi connectivity index (χ3n) is 2.76. The van der Waals surface area contributed by atoms with E-state index in [1.807, 2.05) is 0 Å². The summed E-state index contributed by atoms with van der Waals surface area (Å²) in [5.41, 5.74) is 7.06. The highest BCUT2D eigenvalue weighted by Gasteiger charge is 2.22. The molecule has 2 aromatic carbocycles. The van der Waals surface area contributed by atoms with Crippen LogP contribution >= 0.6 is 0 Å². The average molecular weight is 269 g/mol. The largest absolute Gasteiger partial charge is 0.344 e. The lowest BCUT2D eigenvalue weighted by Crippen LogP contribution is -1.99. The van der Waals surface area contributed by atoms with E-state index in [4.69, 9.17) is 20.4 Å². The van der Waals surface area contributed by atoms with Gasteiger partial charge in [0, 0.05) is 0 Å². The van der Waals surface area contributed by atoms with Crippen molar-refractivity contribution in [2.24, 2.45) is 0 Å². The minimum Gasteiger partial charge on any atom is -0.344 e. The van der Waals surface area contributed by atoms with E-state index >= 15 is 0 Å². The summed E-state index contributed by atoms with van der Waals surface area (Å²) < 4.78 is 0. The summed E-state index contributed by atoms with van der Waals surface area (Å²) in [6.45, 7) is 2.18. The van der Waals surface area contributed by atoms with Crippen LogP contribution in [0.2, 0.25) is 0 Å². The molecule has 0 fully saturated rings. The molecule has 0 radical (unpaired) electrons. The van der Waals surface area contributed by atoms with Crippen LogP contribution in [-0.4, -0.2) is 12.2 Å². The Morgan fingerprint density at radius 1 is 0.800 bits per heavy atom. The average Bonchev–Trinajstić information content (AvgIpc) is 2.37. The molecule has 102 valence electrons. The fourth-order valence-electron chi connectivity index (χ4n) is 2.12. The van der Waals surface area contributed by atoms with Gasteiger partial charge in [0.25, 0.3) is 0 Å². The van der Waals surface area contributed by atoms with Gasteiger partial charge in [-0.25, -0.2) is 20.4 Å². The summed E-state index contributed by atoms with van der Waals surface area (Å²) in [7, 11) is 0. The molecular weight excluding hydrogens is 254 g/mol. The van der Waals surface area contributed by atoms with E-state index < -0.39 is 0 Å². The Kier molecular flexibility index (Phi) is 7.12. The number of nitrogens with one attached hydrogen (secondary N) is 2. The molecule has 3 rings (SSSR count). The third kappa shape index (κ3) is 3.34. The van der Waals surface area contributed by atoms with Gasteiger partial charge in [-0.15, -0.1) is 0 Å². The van der Waals surface area contributed by atoms with Crippen molar-refractivity contribution < 1.29 is 9.59 Å². The lowest BCUT2D eigenvalue weighted by molar-refractivity contribution is 0.562. The summed E-state index contributed by atoms with van der Waals surface area (Å²) in [6.07, 6.45) is 1.50. The molecule has 0 atom stereocenters.